The summed E-state index contributed by atoms with van der Waals surface area (Å²) in [7, 11) is 0. The molecule has 0 aromatic heterocycles. The first kappa shape index (κ1) is 13.8. The van der Waals surface area contributed by atoms with Gasteiger partial charge in [-0.1, -0.05) is 12.1 Å². The van der Waals surface area contributed by atoms with Crippen molar-refractivity contribution >= 4 is 23.2 Å². The van der Waals surface area contributed by atoms with Crippen molar-refractivity contribution in [3.63, 3.8) is 0 Å². The predicted octanol–water partition coefficient (Wildman–Crippen LogP) is 2.29. The molecule has 5 heteroatoms. The van der Waals surface area contributed by atoms with Gasteiger partial charge in [0.1, 0.15) is 0 Å². The van der Waals surface area contributed by atoms with E-state index in [2.05, 4.69) is 15.8 Å². The van der Waals surface area contributed by atoms with Crippen LogP contribution in [-0.2, 0) is 9.59 Å². The van der Waals surface area contributed by atoms with Gasteiger partial charge in [0.15, 0.2) is 0 Å². The van der Waals surface area contributed by atoms with Gasteiger partial charge in [0.25, 0.3) is 0 Å². The summed E-state index contributed by atoms with van der Waals surface area (Å²) < 4.78 is 0. The van der Waals surface area contributed by atoms with Gasteiger partial charge in [-0.05, 0) is 50.3 Å². The first-order valence-corrected chi connectivity index (χ1v) is 7.39. The molecule has 1 aromatic rings. The molecule has 0 radical (unpaired) electrons. The number of hydrogen-bond acceptors (Lipinski definition) is 3. The minimum Gasteiger partial charge on any atom is -0.326 e. The van der Waals surface area contributed by atoms with Crippen molar-refractivity contribution in [3.8, 4) is 0 Å². The van der Waals surface area contributed by atoms with E-state index in [1.54, 1.807) is 0 Å². The van der Waals surface area contributed by atoms with E-state index in [9.17, 15) is 9.59 Å². The van der Waals surface area contributed by atoms with Gasteiger partial charge in [-0.15, -0.1) is 0 Å². The SMILES string of the molecule is CC(=NNC(=O)C1CC1)c1ccc(NC(=O)C2CC2)cc1. The molecular weight excluding hydrogens is 266 g/mol. The lowest BCUT2D eigenvalue weighted by Crippen LogP contribution is -2.20. The van der Waals surface area contributed by atoms with E-state index < -0.39 is 0 Å². The Hall–Kier alpha value is -2.17. The van der Waals surface area contributed by atoms with Crippen molar-refractivity contribution < 1.29 is 9.59 Å². The van der Waals surface area contributed by atoms with Crippen LogP contribution in [0.4, 0.5) is 5.69 Å². The Bertz CT molecular complexity index is 584. The zero-order chi connectivity index (χ0) is 14.8. The third-order valence-corrected chi connectivity index (χ3v) is 3.80. The lowest BCUT2D eigenvalue weighted by molar-refractivity contribution is -0.122. The largest absolute Gasteiger partial charge is 0.326 e. The molecule has 0 atom stereocenters. The molecule has 2 fully saturated rings. The molecule has 2 saturated carbocycles. The number of benzene rings is 1. The number of hydrazone groups is 1. The number of rotatable bonds is 5. The Labute approximate surface area is 123 Å². The maximum Gasteiger partial charge on any atom is 0.243 e. The smallest absolute Gasteiger partial charge is 0.243 e. The summed E-state index contributed by atoms with van der Waals surface area (Å²) in [6, 6.07) is 7.50. The average Bonchev–Trinajstić information content (AvgIpc) is 3.37. The number of nitrogens with one attached hydrogen (secondary N) is 2. The first-order valence-electron chi connectivity index (χ1n) is 7.39. The zero-order valence-corrected chi connectivity index (χ0v) is 12.1. The molecule has 5 nitrogen and oxygen atoms in total. The molecule has 2 N–H and O–H groups in total. The lowest BCUT2D eigenvalue weighted by atomic mass is 10.1. The van der Waals surface area contributed by atoms with E-state index in [0.29, 0.717) is 0 Å². The lowest BCUT2D eigenvalue weighted by Gasteiger charge is -2.06. The fraction of sp³-hybridized carbons (Fsp3) is 0.438. The van der Waals surface area contributed by atoms with Crippen LogP contribution >= 0.6 is 0 Å². The molecule has 0 heterocycles. The highest BCUT2D eigenvalue weighted by molar-refractivity contribution is 6.00. The quantitative estimate of drug-likeness (QED) is 0.643. The van der Waals surface area contributed by atoms with Crippen LogP contribution in [0.5, 0.6) is 0 Å². The maximum atomic E-state index is 11.7. The molecule has 1 aromatic carbocycles. The van der Waals surface area contributed by atoms with Crippen LogP contribution in [0.2, 0.25) is 0 Å². The number of nitrogens with zero attached hydrogens (tertiary/aromatic N) is 1. The molecule has 110 valence electrons. The van der Waals surface area contributed by atoms with Crippen LogP contribution in [-0.4, -0.2) is 17.5 Å². The fourth-order valence-corrected chi connectivity index (χ4v) is 2.02. The van der Waals surface area contributed by atoms with Gasteiger partial charge in [0.05, 0.1) is 5.71 Å². The number of anilines is 1. The molecule has 2 aliphatic rings. The Morgan fingerprint density at radius 2 is 1.57 bits per heavy atom. The topological polar surface area (TPSA) is 70.6 Å². The van der Waals surface area contributed by atoms with Crippen molar-refractivity contribution in [1.29, 1.82) is 0 Å². The maximum absolute atomic E-state index is 11.7. The average molecular weight is 285 g/mol. The van der Waals surface area contributed by atoms with Gasteiger partial charge < -0.3 is 5.32 Å². The van der Waals surface area contributed by atoms with Gasteiger partial charge in [-0.2, -0.15) is 5.10 Å². The normalized spacial score (nSPS) is 18.2. The molecule has 3 rings (SSSR count). The highest BCUT2D eigenvalue weighted by Gasteiger charge is 2.30. The summed E-state index contributed by atoms with van der Waals surface area (Å²) in [4.78, 5) is 23.2. The molecule has 0 unspecified atom stereocenters. The second-order valence-electron chi connectivity index (χ2n) is 5.79. The van der Waals surface area contributed by atoms with E-state index in [0.717, 1.165) is 42.6 Å². The van der Waals surface area contributed by atoms with Crippen molar-refractivity contribution in [1.82, 2.24) is 5.43 Å². The second-order valence-corrected chi connectivity index (χ2v) is 5.79. The van der Waals surface area contributed by atoms with E-state index in [4.69, 9.17) is 0 Å². The van der Waals surface area contributed by atoms with Crippen LogP contribution in [0, 0.1) is 11.8 Å². The van der Waals surface area contributed by atoms with Crippen molar-refractivity contribution in [2.24, 2.45) is 16.9 Å². The number of carbonyl (C=O) groups excluding carboxylic acids is 2. The van der Waals surface area contributed by atoms with Gasteiger partial charge in [0, 0.05) is 17.5 Å². The third-order valence-electron chi connectivity index (χ3n) is 3.80. The first-order chi connectivity index (χ1) is 10.1. The molecular formula is C16H19N3O2. The third kappa shape index (κ3) is 3.68. The molecule has 0 bridgehead atoms. The summed E-state index contributed by atoms with van der Waals surface area (Å²) in [6.45, 7) is 1.85. The predicted molar refractivity (Wildman–Crippen MR) is 80.9 cm³/mol. The van der Waals surface area contributed by atoms with Gasteiger partial charge >= 0.3 is 0 Å². The van der Waals surface area contributed by atoms with E-state index in [1.807, 2.05) is 31.2 Å². The van der Waals surface area contributed by atoms with E-state index in [1.165, 1.54) is 0 Å². The Morgan fingerprint density at radius 3 is 2.14 bits per heavy atom. The molecule has 0 saturated heterocycles. The molecule has 0 spiro atoms. The van der Waals surface area contributed by atoms with Gasteiger partial charge in [0.2, 0.25) is 11.8 Å². The van der Waals surface area contributed by atoms with Crippen LogP contribution in [0.3, 0.4) is 0 Å². The Kier molecular flexibility index (Phi) is 3.73. The van der Waals surface area contributed by atoms with Crippen molar-refractivity contribution in [2.45, 2.75) is 32.6 Å². The highest BCUT2D eigenvalue weighted by atomic mass is 16.2. The van der Waals surface area contributed by atoms with Gasteiger partial charge in [-0.25, -0.2) is 5.43 Å². The molecule has 2 amide bonds. The summed E-state index contributed by atoms with van der Waals surface area (Å²) in [5, 5.41) is 7.01. The minimum atomic E-state index is 0.00247. The van der Waals surface area contributed by atoms with Gasteiger partial charge in [-0.3, -0.25) is 9.59 Å². The van der Waals surface area contributed by atoms with Crippen LogP contribution < -0.4 is 10.7 Å². The standard InChI is InChI=1S/C16H19N3O2/c1-10(18-19-16(21)13-4-5-13)11-6-8-14(9-7-11)17-15(20)12-2-3-12/h6-9,12-13H,2-5H2,1H3,(H,17,20)(H,19,21). The monoisotopic (exact) mass is 285 g/mol. The van der Waals surface area contributed by atoms with Crippen molar-refractivity contribution in [2.75, 3.05) is 5.32 Å². The Morgan fingerprint density at radius 1 is 1.00 bits per heavy atom. The fourth-order valence-electron chi connectivity index (χ4n) is 2.02. The molecule has 0 aliphatic heterocycles. The van der Waals surface area contributed by atoms with Crippen LogP contribution in [0.1, 0.15) is 38.2 Å². The Balaban J connectivity index is 1.58. The van der Waals surface area contributed by atoms with Crippen LogP contribution in [0.25, 0.3) is 0 Å². The summed E-state index contributed by atoms with van der Waals surface area (Å²) in [5.41, 5.74) is 5.07. The van der Waals surface area contributed by atoms with Crippen molar-refractivity contribution in [3.05, 3.63) is 29.8 Å². The number of carbonyl (C=O) groups is 2. The molecule has 21 heavy (non-hydrogen) atoms. The highest BCUT2D eigenvalue weighted by Crippen LogP contribution is 2.30. The number of amides is 2. The van der Waals surface area contributed by atoms with Crippen LogP contribution in [0.15, 0.2) is 29.4 Å². The summed E-state index contributed by atoms with van der Waals surface area (Å²) in [6.07, 6.45) is 3.93. The minimum absolute atomic E-state index is 0.00247. The second kappa shape index (κ2) is 5.68. The summed E-state index contributed by atoms with van der Waals surface area (Å²) in [5.74, 6) is 0.458. The zero-order valence-electron chi connectivity index (χ0n) is 12.1. The summed E-state index contributed by atoms with van der Waals surface area (Å²) >= 11 is 0. The number of hydrogen-bond donors (Lipinski definition) is 2. The molecule has 2 aliphatic carbocycles. The van der Waals surface area contributed by atoms with E-state index >= 15 is 0 Å². The van der Waals surface area contributed by atoms with E-state index in [-0.39, 0.29) is 23.7 Å².